The molecule has 0 aliphatic heterocycles. The first-order valence-corrected chi connectivity index (χ1v) is 4.30. The van der Waals surface area contributed by atoms with Crippen molar-refractivity contribution in [2.75, 3.05) is 6.54 Å². The summed E-state index contributed by atoms with van der Waals surface area (Å²) in [6, 6.07) is 1.83. The second-order valence-electron chi connectivity index (χ2n) is 3.78. The number of nitrogens with one attached hydrogen (secondary N) is 1. The second kappa shape index (κ2) is 3.57. The van der Waals surface area contributed by atoms with Gasteiger partial charge in [0.05, 0.1) is 6.07 Å². The Bertz CT molecular complexity index is 213. The molecule has 0 unspecified atom stereocenters. The highest BCUT2D eigenvalue weighted by Gasteiger charge is 2.31. The maximum Gasteiger partial charge on any atom is 0.234 e. The number of nitriles is 1. The summed E-state index contributed by atoms with van der Waals surface area (Å²) in [6.07, 6.45) is 3.64. The van der Waals surface area contributed by atoms with E-state index >= 15 is 0 Å². The van der Waals surface area contributed by atoms with Gasteiger partial charge in [0.15, 0.2) is 0 Å². The number of carbonyl (C=O) groups excluding carboxylic acids is 1. The number of nitrogens with zero attached hydrogens (tertiary/aromatic N) is 1. The Hall–Kier alpha value is -1.04. The number of amides is 1. The molecule has 66 valence electrons. The van der Waals surface area contributed by atoms with Crippen molar-refractivity contribution in [2.45, 2.75) is 32.6 Å². The minimum Gasteiger partial charge on any atom is -0.355 e. The van der Waals surface area contributed by atoms with Crippen molar-refractivity contribution in [3.05, 3.63) is 0 Å². The van der Waals surface area contributed by atoms with Crippen LogP contribution in [0, 0.1) is 16.7 Å². The van der Waals surface area contributed by atoms with Gasteiger partial charge in [0.1, 0.15) is 6.42 Å². The SMILES string of the molecule is CC1(CNC(=O)CC#N)CCC1. The molecule has 1 aliphatic carbocycles. The predicted octanol–water partition coefficient (Wildman–Crippen LogP) is 1.21. The van der Waals surface area contributed by atoms with Crippen LogP contribution in [-0.4, -0.2) is 12.5 Å². The normalized spacial score (nSPS) is 19.0. The average Bonchev–Trinajstić information content (AvgIpc) is 1.98. The first-order chi connectivity index (χ1) is 5.66. The summed E-state index contributed by atoms with van der Waals surface area (Å²) in [4.78, 5) is 10.9. The Kier molecular flexibility index (Phi) is 2.69. The molecule has 1 fully saturated rings. The molecule has 0 spiro atoms. The van der Waals surface area contributed by atoms with E-state index in [4.69, 9.17) is 5.26 Å². The van der Waals surface area contributed by atoms with E-state index in [-0.39, 0.29) is 12.3 Å². The van der Waals surface area contributed by atoms with Crippen molar-refractivity contribution in [2.24, 2.45) is 5.41 Å². The van der Waals surface area contributed by atoms with Crippen molar-refractivity contribution in [3.63, 3.8) is 0 Å². The molecule has 0 radical (unpaired) electrons. The second-order valence-corrected chi connectivity index (χ2v) is 3.78. The Balaban J connectivity index is 2.17. The molecule has 3 nitrogen and oxygen atoms in total. The number of hydrogen-bond donors (Lipinski definition) is 1. The molecule has 0 atom stereocenters. The van der Waals surface area contributed by atoms with Gasteiger partial charge < -0.3 is 5.32 Å². The van der Waals surface area contributed by atoms with E-state index < -0.39 is 0 Å². The van der Waals surface area contributed by atoms with Crippen molar-refractivity contribution < 1.29 is 4.79 Å². The van der Waals surface area contributed by atoms with E-state index in [2.05, 4.69) is 12.2 Å². The zero-order chi connectivity index (χ0) is 9.03. The molecular weight excluding hydrogens is 152 g/mol. The van der Waals surface area contributed by atoms with Crippen LogP contribution in [0.2, 0.25) is 0 Å². The van der Waals surface area contributed by atoms with Gasteiger partial charge >= 0.3 is 0 Å². The Labute approximate surface area is 72.8 Å². The van der Waals surface area contributed by atoms with Crippen LogP contribution in [0.15, 0.2) is 0 Å². The van der Waals surface area contributed by atoms with Crippen LogP contribution in [-0.2, 0) is 4.79 Å². The van der Waals surface area contributed by atoms with Gasteiger partial charge in [-0.15, -0.1) is 0 Å². The molecule has 0 aromatic rings. The molecule has 1 saturated carbocycles. The lowest BCUT2D eigenvalue weighted by molar-refractivity contribution is -0.120. The third-order valence-corrected chi connectivity index (χ3v) is 2.51. The van der Waals surface area contributed by atoms with Crippen LogP contribution in [0.4, 0.5) is 0 Å². The standard InChI is InChI=1S/C9H14N2O/c1-9(4-2-5-9)7-11-8(12)3-6-10/h2-5,7H2,1H3,(H,11,12). The van der Waals surface area contributed by atoms with E-state index in [1.807, 2.05) is 6.07 Å². The van der Waals surface area contributed by atoms with Gasteiger partial charge in [-0.05, 0) is 18.3 Å². The van der Waals surface area contributed by atoms with E-state index in [0.29, 0.717) is 5.41 Å². The fraction of sp³-hybridized carbons (Fsp3) is 0.778. The fourth-order valence-electron chi connectivity index (χ4n) is 1.40. The molecule has 1 rings (SSSR count). The van der Waals surface area contributed by atoms with E-state index in [9.17, 15) is 4.79 Å². The lowest BCUT2D eigenvalue weighted by atomic mass is 9.70. The molecule has 0 saturated heterocycles. The molecule has 1 aliphatic rings. The first kappa shape index (κ1) is 9.05. The smallest absolute Gasteiger partial charge is 0.234 e. The molecule has 12 heavy (non-hydrogen) atoms. The van der Waals surface area contributed by atoms with E-state index in [1.165, 1.54) is 19.3 Å². The summed E-state index contributed by atoms with van der Waals surface area (Å²) < 4.78 is 0. The van der Waals surface area contributed by atoms with Gasteiger partial charge in [-0.2, -0.15) is 5.26 Å². The summed E-state index contributed by atoms with van der Waals surface area (Å²) in [5, 5.41) is 11.0. The zero-order valence-electron chi connectivity index (χ0n) is 7.39. The van der Waals surface area contributed by atoms with Crippen LogP contribution in [0.3, 0.4) is 0 Å². The molecule has 0 aromatic heterocycles. The third-order valence-electron chi connectivity index (χ3n) is 2.51. The summed E-state index contributed by atoms with van der Waals surface area (Å²) in [7, 11) is 0. The van der Waals surface area contributed by atoms with Crippen molar-refractivity contribution >= 4 is 5.91 Å². The minimum atomic E-state index is -0.148. The Morgan fingerprint density at radius 3 is 2.75 bits per heavy atom. The largest absolute Gasteiger partial charge is 0.355 e. The zero-order valence-corrected chi connectivity index (χ0v) is 7.39. The van der Waals surface area contributed by atoms with Gasteiger partial charge in [-0.1, -0.05) is 13.3 Å². The fourth-order valence-corrected chi connectivity index (χ4v) is 1.40. The maximum absolute atomic E-state index is 10.9. The molecule has 0 aromatic carbocycles. The highest BCUT2D eigenvalue weighted by atomic mass is 16.1. The summed E-state index contributed by atoms with van der Waals surface area (Å²) >= 11 is 0. The topological polar surface area (TPSA) is 52.9 Å². The highest BCUT2D eigenvalue weighted by molar-refractivity contribution is 5.77. The van der Waals surface area contributed by atoms with E-state index in [1.54, 1.807) is 0 Å². The van der Waals surface area contributed by atoms with Crippen molar-refractivity contribution in [1.29, 1.82) is 5.26 Å². The Morgan fingerprint density at radius 2 is 2.33 bits per heavy atom. The molecule has 1 N–H and O–H groups in total. The number of rotatable bonds is 3. The van der Waals surface area contributed by atoms with Crippen LogP contribution >= 0.6 is 0 Å². The Morgan fingerprint density at radius 1 is 1.67 bits per heavy atom. The lowest BCUT2D eigenvalue weighted by Crippen LogP contribution is -2.39. The van der Waals surface area contributed by atoms with Crippen molar-refractivity contribution in [1.82, 2.24) is 5.32 Å². The van der Waals surface area contributed by atoms with Gasteiger partial charge in [0.2, 0.25) is 5.91 Å². The van der Waals surface area contributed by atoms with Crippen molar-refractivity contribution in [3.8, 4) is 6.07 Å². The van der Waals surface area contributed by atoms with Crippen LogP contribution < -0.4 is 5.32 Å². The number of carbonyl (C=O) groups is 1. The van der Waals surface area contributed by atoms with Crippen LogP contribution in [0.25, 0.3) is 0 Å². The molecule has 1 amide bonds. The molecule has 0 bridgehead atoms. The predicted molar refractivity (Wildman–Crippen MR) is 45.2 cm³/mol. The maximum atomic E-state index is 10.9. The quantitative estimate of drug-likeness (QED) is 0.685. The summed E-state index contributed by atoms with van der Waals surface area (Å²) in [5.41, 5.74) is 0.311. The highest BCUT2D eigenvalue weighted by Crippen LogP contribution is 2.39. The van der Waals surface area contributed by atoms with Crippen LogP contribution in [0.1, 0.15) is 32.6 Å². The lowest BCUT2D eigenvalue weighted by Gasteiger charge is -2.38. The third kappa shape index (κ3) is 2.23. The minimum absolute atomic E-state index is 0.0178. The van der Waals surface area contributed by atoms with E-state index in [0.717, 1.165) is 6.54 Å². The summed E-state index contributed by atoms with van der Waals surface area (Å²) in [6.45, 7) is 2.90. The number of hydrogen-bond acceptors (Lipinski definition) is 2. The van der Waals surface area contributed by atoms with Gasteiger partial charge in [-0.25, -0.2) is 0 Å². The molecular formula is C9H14N2O. The molecule has 3 heteroatoms. The van der Waals surface area contributed by atoms with Crippen LogP contribution in [0.5, 0.6) is 0 Å². The summed E-state index contributed by atoms with van der Waals surface area (Å²) in [5.74, 6) is -0.148. The van der Waals surface area contributed by atoms with Gasteiger partial charge in [-0.3, -0.25) is 4.79 Å². The monoisotopic (exact) mass is 166 g/mol. The average molecular weight is 166 g/mol. The van der Waals surface area contributed by atoms with Gasteiger partial charge in [0, 0.05) is 6.54 Å². The van der Waals surface area contributed by atoms with Gasteiger partial charge in [0.25, 0.3) is 0 Å². The molecule has 0 heterocycles. The first-order valence-electron chi connectivity index (χ1n) is 4.30.